The first-order chi connectivity index (χ1) is 12.4. The number of fused-ring (bicyclic) bond motifs is 1. The third-order valence-corrected chi connectivity index (χ3v) is 4.46. The number of benzene rings is 1. The number of nitrogens with one attached hydrogen (secondary N) is 1. The number of rotatable bonds is 5. The van der Waals surface area contributed by atoms with Crippen LogP contribution in [-0.2, 0) is 22.6 Å². The summed E-state index contributed by atoms with van der Waals surface area (Å²) in [4.78, 5) is 23.6. The van der Waals surface area contributed by atoms with Crippen molar-refractivity contribution in [2.75, 3.05) is 19.0 Å². The third-order valence-electron chi connectivity index (χ3n) is 4.46. The Labute approximate surface area is 150 Å². The highest BCUT2D eigenvalue weighted by Gasteiger charge is 2.29. The van der Waals surface area contributed by atoms with Gasteiger partial charge >= 0.3 is 5.97 Å². The minimum atomic E-state index is -0.986. The number of aliphatic carboxylic acids is 1. The zero-order valence-electron chi connectivity index (χ0n) is 14.9. The predicted octanol–water partition coefficient (Wildman–Crippen LogP) is 1.78. The Morgan fingerprint density at radius 3 is 2.88 bits per heavy atom. The van der Waals surface area contributed by atoms with Crippen LogP contribution in [0.15, 0.2) is 18.2 Å². The average Bonchev–Trinajstić information content (AvgIpc) is 2.87. The second kappa shape index (κ2) is 7.07. The fourth-order valence-electron chi connectivity index (χ4n) is 3.11. The molecule has 1 atom stereocenters. The molecule has 1 aliphatic heterocycles. The number of hydrogen-bond donors (Lipinski definition) is 2. The van der Waals surface area contributed by atoms with Crippen molar-refractivity contribution in [2.24, 2.45) is 5.92 Å². The summed E-state index contributed by atoms with van der Waals surface area (Å²) in [7, 11) is 1.58. The number of anilines is 1. The molecule has 1 aromatic heterocycles. The van der Waals surface area contributed by atoms with Crippen LogP contribution in [0.2, 0.25) is 0 Å². The molecule has 0 spiro atoms. The summed E-state index contributed by atoms with van der Waals surface area (Å²) < 4.78 is 12.4. The van der Waals surface area contributed by atoms with Crippen molar-refractivity contribution >= 4 is 17.6 Å². The van der Waals surface area contributed by atoms with Crippen LogP contribution in [0.3, 0.4) is 0 Å². The smallest absolute Gasteiger partial charge is 0.325 e. The Bertz CT molecular complexity index is 859. The fourth-order valence-corrected chi connectivity index (χ4v) is 3.11. The number of carbonyl (C=O) groups excluding carboxylic acids is 1. The predicted molar refractivity (Wildman–Crippen MR) is 93.6 cm³/mol. The van der Waals surface area contributed by atoms with E-state index in [0.29, 0.717) is 35.0 Å². The molecule has 0 aliphatic carbocycles. The van der Waals surface area contributed by atoms with Gasteiger partial charge in [0.15, 0.2) is 11.5 Å². The van der Waals surface area contributed by atoms with Crippen LogP contribution >= 0.6 is 0 Å². The minimum Gasteiger partial charge on any atom is -0.493 e. The number of nitrogens with zero attached hydrogens (tertiary/aromatic N) is 2. The van der Waals surface area contributed by atoms with Crippen molar-refractivity contribution in [3.8, 4) is 11.5 Å². The molecule has 0 saturated heterocycles. The maximum atomic E-state index is 12.7. The Kier molecular flexibility index (Phi) is 4.83. The van der Waals surface area contributed by atoms with E-state index in [4.69, 9.17) is 14.6 Å². The van der Waals surface area contributed by atoms with Gasteiger partial charge in [-0.2, -0.15) is 5.10 Å². The SMILES string of the molecule is COc1cccc2c1OCC(C(=O)Nc1c(C)nn(CC(=O)O)c1C)C2. The number of aromatic nitrogens is 2. The van der Waals surface area contributed by atoms with Crippen LogP contribution in [0.5, 0.6) is 11.5 Å². The molecule has 0 fully saturated rings. The van der Waals surface area contributed by atoms with Gasteiger partial charge in [-0.15, -0.1) is 0 Å². The number of carboxylic acid groups (broad SMARTS) is 1. The molecule has 2 aromatic rings. The monoisotopic (exact) mass is 359 g/mol. The Morgan fingerprint density at radius 1 is 1.42 bits per heavy atom. The molecule has 1 aromatic carbocycles. The van der Waals surface area contributed by atoms with E-state index >= 15 is 0 Å². The molecule has 1 amide bonds. The second-order valence-corrected chi connectivity index (χ2v) is 6.25. The number of aryl methyl sites for hydroxylation is 1. The van der Waals surface area contributed by atoms with Crippen LogP contribution in [0.25, 0.3) is 0 Å². The molecule has 1 unspecified atom stereocenters. The topological polar surface area (TPSA) is 103 Å². The van der Waals surface area contributed by atoms with Crippen molar-refractivity contribution in [1.82, 2.24) is 9.78 Å². The average molecular weight is 359 g/mol. The molecular formula is C18H21N3O5. The first kappa shape index (κ1) is 17.8. The van der Waals surface area contributed by atoms with Gasteiger partial charge in [0.05, 0.1) is 30.1 Å². The fraction of sp³-hybridized carbons (Fsp3) is 0.389. The largest absolute Gasteiger partial charge is 0.493 e. The van der Waals surface area contributed by atoms with Crippen molar-refractivity contribution in [1.29, 1.82) is 0 Å². The highest BCUT2D eigenvalue weighted by Crippen LogP contribution is 2.36. The molecule has 8 heteroatoms. The molecule has 2 N–H and O–H groups in total. The number of amides is 1. The Balaban J connectivity index is 1.75. The number of ether oxygens (including phenoxy) is 2. The van der Waals surface area contributed by atoms with E-state index < -0.39 is 5.97 Å². The van der Waals surface area contributed by atoms with Crippen molar-refractivity contribution < 1.29 is 24.2 Å². The molecule has 0 bridgehead atoms. The number of methoxy groups -OCH3 is 1. The van der Waals surface area contributed by atoms with E-state index in [1.807, 2.05) is 18.2 Å². The van der Waals surface area contributed by atoms with Gasteiger partial charge in [-0.05, 0) is 31.9 Å². The van der Waals surface area contributed by atoms with Crippen LogP contribution < -0.4 is 14.8 Å². The highest BCUT2D eigenvalue weighted by molar-refractivity contribution is 5.94. The van der Waals surface area contributed by atoms with Crippen molar-refractivity contribution in [2.45, 2.75) is 26.8 Å². The third kappa shape index (κ3) is 3.35. The Morgan fingerprint density at radius 2 is 2.19 bits per heavy atom. The van der Waals surface area contributed by atoms with Crippen LogP contribution in [0, 0.1) is 19.8 Å². The highest BCUT2D eigenvalue weighted by atomic mass is 16.5. The van der Waals surface area contributed by atoms with E-state index in [-0.39, 0.29) is 25.0 Å². The van der Waals surface area contributed by atoms with Gasteiger partial charge in [-0.25, -0.2) is 0 Å². The second-order valence-electron chi connectivity index (χ2n) is 6.25. The molecule has 3 rings (SSSR count). The van der Waals surface area contributed by atoms with E-state index in [9.17, 15) is 9.59 Å². The van der Waals surface area contributed by atoms with Crippen LogP contribution in [-0.4, -0.2) is 40.5 Å². The summed E-state index contributed by atoms with van der Waals surface area (Å²) in [6.45, 7) is 3.47. The van der Waals surface area contributed by atoms with Gasteiger partial charge < -0.3 is 19.9 Å². The van der Waals surface area contributed by atoms with Crippen molar-refractivity contribution in [3.63, 3.8) is 0 Å². The number of carboxylic acids is 1. The standard InChI is InChI=1S/C18H21N3O5/c1-10-16(11(2)21(20-10)8-15(22)23)19-18(24)13-7-12-5-4-6-14(25-3)17(12)26-9-13/h4-6,13H,7-9H2,1-3H3,(H,19,24)(H,22,23). The normalized spacial score (nSPS) is 15.7. The molecule has 0 saturated carbocycles. The summed E-state index contributed by atoms with van der Waals surface area (Å²) in [5, 5.41) is 16.0. The molecule has 8 nitrogen and oxygen atoms in total. The van der Waals surface area contributed by atoms with E-state index in [1.54, 1.807) is 21.0 Å². The first-order valence-electron chi connectivity index (χ1n) is 8.26. The van der Waals surface area contributed by atoms with E-state index in [2.05, 4.69) is 10.4 Å². The van der Waals surface area contributed by atoms with E-state index in [1.165, 1.54) is 4.68 Å². The lowest BCUT2D eigenvalue weighted by atomic mass is 9.95. The summed E-state index contributed by atoms with van der Waals surface area (Å²) in [6, 6.07) is 5.60. The van der Waals surface area contributed by atoms with Gasteiger partial charge in [0.2, 0.25) is 5.91 Å². The summed E-state index contributed by atoms with van der Waals surface area (Å²) in [5.74, 6) is -0.181. The molecule has 26 heavy (non-hydrogen) atoms. The number of para-hydroxylation sites is 1. The van der Waals surface area contributed by atoms with Gasteiger partial charge in [0, 0.05) is 0 Å². The zero-order chi connectivity index (χ0) is 18.8. The van der Waals surface area contributed by atoms with Gasteiger partial charge in [-0.3, -0.25) is 14.3 Å². The van der Waals surface area contributed by atoms with Gasteiger partial charge in [0.1, 0.15) is 13.2 Å². The maximum Gasteiger partial charge on any atom is 0.325 e. The molecular weight excluding hydrogens is 338 g/mol. The maximum absolute atomic E-state index is 12.7. The number of carbonyl (C=O) groups is 2. The summed E-state index contributed by atoms with van der Waals surface area (Å²) >= 11 is 0. The summed E-state index contributed by atoms with van der Waals surface area (Å²) in [6.07, 6.45) is 0.541. The van der Waals surface area contributed by atoms with Crippen molar-refractivity contribution in [3.05, 3.63) is 35.2 Å². The van der Waals surface area contributed by atoms with Gasteiger partial charge in [-0.1, -0.05) is 12.1 Å². The zero-order valence-corrected chi connectivity index (χ0v) is 14.9. The minimum absolute atomic E-state index is 0.181. The molecule has 1 aliphatic rings. The lowest BCUT2D eigenvalue weighted by Crippen LogP contribution is -2.33. The van der Waals surface area contributed by atoms with Gasteiger partial charge in [0.25, 0.3) is 0 Å². The molecule has 138 valence electrons. The lowest BCUT2D eigenvalue weighted by Gasteiger charge is -2.25. The quantitative estimate of drug-likeness (QED) is 0.844. The number of hydrogen-bond acceptors (Lipinski definition) is 5. The van der Waals surface area contributed by atoms with E-state index in [0.717, 1.165) is 5.56 Å². The first-order valence-corrected chi connectivity index (χ1v) is 8.26. The molecule has 0 radical (unpaired) electrons. The summed E-state index contributed by atoms with van der Waals surface area (Å²) in [5.41, 5.74) is 2.66. The van der Waals surface area contributed by atoms with Crippen LogP contribution in [0.1, 0.15) is 17.0 Å². The van der Waals surface area contributed by atoms with Crippen LogP contribution in [0.4, 0.5) is 5.69 Å². The molecule has 2 heterocycles. The Hall–Kier alpha value is -3.03. The lowest BCUT2D eigenvalue weighted by molar-refractivity contribution is -0.137.